The van der Waals surface area contributed by atoms with Crippen molar-refractivity contribution >= 4 is 22.4 Å². The molecule has 2 atom stereocenters. The van der Waals surface area contributed by atoms with E-state index in [1.54, 1.807) is 24.3 Å². The third kappa shape index (κ3) is 4.38. The van der Waals surface area contributed by atoms with E-state index in [1.165, 1.54) is 12.1 Å². The molecule has 4 nitrogen and oxygen atoms in total. The molecule has 1 aliphatic carbocycles. The largest absolute Gasteiger partial charge is 0.309 e. The van der Waals surface area contributed by atoms with E-state index in [2.05, 4.69) is 10.0 Å². The van der Waals surface area contributed by atoms with Gasteiger partial charge in [0.2, 0.25) is 10.0 Å². The van der Waals surface area contributed by atoms with E-state index >= 15 is 4.39 Å². The number of nitrogens with one attached hydrogen (secondary N) is 2. The molecule has 3 fully saturated rings. The van der Waals surface area contributed by atoms with Crippen LogP contribution in [0.25, 0.3) is 11.1 Å². The number of fused-ring (bicyclic) bond motifs is 2. The zero-order valence-electron chi connectivity index (χ0n) is 15.4. The van der Waals surface area contributed by atoms with E-state index in [0.717, 1.165) is 19.1 Å². The fourth-order valence-electron chi connectivity index (χ4n) is 4.30. The molecule has 2 heterocycles. The van der Waals surface area contributed by atoms with Crippen LogP contribution in [-0.4, -0.2) is 32.8 Å². The van der Waals surface area contributed by atoms with Crippen LogP contribution in [0.4, 0.5) is 8.78 Å². The van der Waals surface area contributed by atoms with Gasteiger partial charge < -0.3 is 5.32 Å². The predicted molar refractivity (Wildman–Crippen MR) is 108 cm³/mol. The zero-order valence-corrected chi connectivity index (χ0v) is 17.0. The Labute approximate surface area is 170 Å². The van der Waals surface area contributed by atoms with Gasteiger partial charge in [-0.15, -0.1) is 12.4 Å². The second-order valence-corrected chi connectivity index (χ2v) is 9.39. The second kappa shape index (κ2) is 8.06. The van der Waals surface area contributed by atoms with Gasteiger partial charge in [0.25, 0.3) is 0 Å². The molecular weight excluding hydrogens is 406 g/mol. The van der Waals surface area contributed by atoms with Crippen LogP contribution in [0.2, 0.25) is 0 Å². The highest BCUT2D eigenvalue weighted by Gasteiger charge is 2.46. The van der Waals surface area contributed by atoms with Gasteiger partial charge in [-0.1, -0.05) is 30.3 Å². The first-order valence-electron chi connectivity index (χ1n) is 9.07. The van der Waals surface area contributed by atoms with E-state index in [4.69, 9.17) is 0 Å². The predicted octanol–water partition coefficient (Wildman–Crippen LogP) is 3.26. The summed E-state index contributed by atoms with van der Waals surface area (Å²) in [6, 6.07) is 11.0. The summed E-state index contributed by atoms with van der Waals surface area (Å²) in [4.78, 5) is 0. The molecule has 152 valence electrons. The smallest absolute Gasteiger partial charge is 0.209 e. The first-order chi connectivity index (χ1) is 12.8. The number of sulfonamides is 1. The summed E-state index contributed by atoms with van der Waals surface area (Å²) >= 11 is 0. The molecular formula is C20H23ClF2N2O2S. The molecule has 3 aliphatic rings. The summed E-state index contributed by atoms with van der Waals surface area (Å²) in [7, 11) is -3.38. The van der Waals surface area contributed by atoms with Gasteiger partial charge in [0.1, 0.15) is 11.6 Å². The number of rotatable bonds is 5. The third-order valence-electron chi connectivity index (χ3n) is 5.55. The molecule has 2 N–H and O–H groups in total. The summed E-state index contributed by atoms with van der Waals surface area (Å²) < 4.78 is 55.5. The molecule has 8 heteroatoms. The summed E-state index contributed by atoms with van der Waals surface area (Å²) in [5.41, 5.74) is 1.09. The molecule has 2 aromatic rings. The maximum absolute atomic E-state index is 15.1. The highest BCUT2D eigenvalue weighted by atomic mass is 35.5. The standard InChI is InChI=1S/C20H22F2N2O2S.ClH/c1-27(25,26)24-20-14-8-16(9-14)23-18(20)10-13-7-15(21)11-17(19(13)22)12-5-3-2-4-6-12;/h2-7,11,14,16,18,20,23-24H,8-10H2,1H3;1H/t14?,16?,18-,20-;/m0./s1. The topological polar surface area (TPSA) is 58.2 Å². The van der Waals surface area contributed by atoms with Crippen molar-refractivity contribution in [2.24, 2.45) is 5.92 Å². The SMILES string of the molecule is CS(=O)(=O)N[C@H]1C2CC(C2)N[C@H]1Cc1cc(F)cc(-c2ccccc2)c1F.Cl. The van der Waals surface area contributed by atoms with E-state index < -0.39 is 21.7 Å². The van der Waals surface area contributed by atoms with Gasteiger partial charge in [0, 0.05) is 23.7 Å². The average Bonchev–Trinajstić information content (AvgIpc) is 2.57. The number of halogens is 3. The average molecular weight is 429 g/mol. The summed E-state index contributed by atoms with van der Waals surface area (Å²) in [5.74, 6) is -0.721. The molecule has 2 aliphatic heterocycles. The molecule has 0 spiro atoms. The molecule has 1 saturated carbocycles. The minimum Gasteiger partial charge on any atom is -0.309 e. The Morgan fingerprint density at radius 3 is 2.46 bits per heavy atom. The van der Waals surface area contributed by atoms with Gasteiger partial charge in [0.05, 0.1) is 6.26 Å². The van der Waals surface area contributed by atoms with E-state index in [1.807, 2.05) is 6.07 Å². The summed E-state index contributed by atoms with van der Waals surface area (Å²) in [5, 5.41) is 3.39. The van der Waals surface area contributed by atoms with Crippen molar-refractivity contribution in [1.29, 1.82) is 0 Å². The first kappa shape index (κ1) is 21.2. The lowest BCUT2D eigenvalue weighted by molar-refractivity contribution is 0.0809. The Balaban J connectivity index is 0.00000225. The Bertz CT molecular complexity index is 950. The zero-order chi connectivity index (χ0) is 19.2. The van der Waals surface area contributed by atoms with Gasteiger partial charge in [-0.25, -0.2) is 21.9 Å². The molecule has 2 saturated heterocycles. The van der Waals surface area contributed by atoms with Crippen LogP contribution in [0.15, 0.2) is 42.5 Å². The monoisotopic (exact) mass is 428 g/mol. The fraction of sp³-hybridized carbons (Fsp3) is 0.400. The number of piperidine rings is 2. The molecule has 28 heavy (non-hydrogen) atoms. The van der Waals surface area contributed by atoms with Gasteiger partial charge in [-0.3, -0.25) is 0 Å². The van der Waals surface area contributed by atoms with Crippen LogP contribution < -0.4 is 10.0 Å². The molecule has 0 unspecified atom stereocenters. The molecule has 0 aromatic heterocycles. The number of hydrogen-bond donors (Lipinski definition) is 2. The van der Waals surface area contributed by atoms with Crippen molar-refractivity contribution in [3.63, 3.8) is 0 Å². The van der Waals surface area contributed by atoms with Gasteiger partial charge in [0.15, 0.2) is 0 Å². The first-order valence-corrected chi connectivity index (χ1v) is 11.0. The third-order valence-corrected chi connectivity index (χ3v) is 6.25. The van der Waals surface area contributed by atoms with Crippen LogP contribution >= 0.6 is 12.4 Å². The van der Waals surface area contributed by atoms with Crippen LogP contribution in [0, 0.1) is 17.6 Å². The Morgan fingerprint density at radius 1 is 1.14 bits per heavy atom. The van der Waals surface area contributed by atoms with E-state index in [9.17, 15) is 12.8 Å². The molecule has 0 radical (unpaired) electrons. The molecule has 2 aromatic carbocycles. The van der Waals surface area contributed by atoms with Crippen molar-refractivity contribution in [1.82, 2.24) is 10.0 Å². The maximum Gasteiger partial charge on any atom is 0.209 e. The minimum absolute atomic E-state index is 0. The Morgan fingerprint density at radius 2 is 1.82 bits per heavy atom. The van der Waals surface area contributed by atoms with Crippen molar-refractivity contribution < 1.29 is 17.2 Å². The van der Waals surface area contributed by atoms with Gasteiger partial charge >= 0.3 is 0 Å². The normalized spacial score (nSPS) is 26.2. The van der Waals surface area contributed by atoms with Crippen LogP contribution in [0.1, 0.15) is 18.4 Å². The van der Waals surface area contributed by atoms with E-state index in [0.29, 0.717) is 11.6 Å². The fourth-order valence-corrected chi connectivity index (χ4v) is 5.15. The molecule has 5 rings (SSSR count). The molecule has 0 amide bonds. The lowest BCUT2D eigenvalue weighted by Crippen LogP contribution is -2.67. The van der Waals surface area contributed by atoms with Crippen LogP contribution in [0.3, 0.4) is 0 Å². The summed E-state index contributed by atoms with van der Waals surface area (Å²) in [6.07, 6.45) is 3.17. The highest BCUT2D eigenvalue weighted by Crippen LogP contribution is 2.38. The Hall–Kier alpha value is -1.54. The van der Waals surface area contributed by atoms with Crippen molar-refractivity contribution in [3.8, 4) is 11.1 Å². The lowest BCUT2D eigenvalue weighted by atomic mass is 9.68. The summed E-state index contributed by atoms with van der Waals surface area (Å²) in [6.45, 7) is 0. The number of hydrogen-bond acceptors (Lipinski definition) is 3. The van der Waals surface area contributed by atoms with Gasteiger partial charge in [-0.2, -0.15) is 0 Å². The molecule has 2 bridgehead atoms. The van der Waals surface area contributed by atoms with Gasteiger partial charge in [-0.05, 0) is 48.4 Å². The van der Waals surface area contributed by atoms with Crippen LogP contribution in [0.5, 0.6) is 0 Å². The maximum atomic E-state index is 15.1. The van der Waals surface area contributed by atoms with Crippen LogP contribution in [-0.2, 0) is 16.4 Å². The van der Waals surface area contributed by atoms with Crippen molar-refractivity contribution in [2.75, 3.05) is 6.26 Å². The quantitative estimate of drug-likeness (QED) is 0.768. The minimum atomic E-state index is -3.38. The van der Waals surface area contributed by atoms with Crippen molar-refractivity contribution in [2.45, 2.75) is 37.4 Å². The van der Waals surface area contributed by atoms with E-state index in [-0.39, 0.29) is 48.0 Å². The Kier molecular flexibility index (Phi) is 6.10. The second-order valence-electron chi connectivity index (χ2n) is 7.61. The van der Waals surface area contributed by atoms with Crippen molar-refractivity contribution in [3.05, 3.63) is 59.7 Å². The lowest BCUT2D eigenvalue weighted by Gasteiger charge is -2.52. The highest BCUT2D eigenvalue weighted by molar-refractivity contribution is 7.88. The number of benzene rings is 2.